The first-order valence-electron chi connectivity index (χ1n) is 17.9. The molecule has 1 unspecified atom stereocenters. The molecular formula is C48H38N2S. The van der Waals surface area contributed by atoms with Crippen molar-refractivity contribution in [3.05, 3.63) is 203 Å². The first-order valence-corrected chi connectivity index (χ1v) is 18.7. The number of hydrogen-bond acceptors (Lipinski definition) is 3. The van der Waals surface area contributed by atoms with Gasteiger partial charge in [0.25, 0.3) is 0 Å². The number of allylic oxidation sites excluding steroid dienone is 8. The van der Waals surface area contributed by atoms with Crippen molar-refractivity contribution in [3.63, 3.8) is 0 Å². The quantitative estimate of drug-likeness (QED) is 0.176. The molecule has 1 aromatic heterocycles. The van der Waals surface area contributed by atoms with Gasteiger partial charge in [-0.1, -0.05) is 164 Å². The minimum atomic E-state index is -0.334. The topological polar surface area (TPSA) is 25.8 Å². The number of nitrogens with zero attached hydrogens (tertiary/aromatic N) is 2. The van der Waals surface area contributed by atoms with Gasteiger partial charge in [-0.25, -0.2) is 9.97 Å². The van der Waals surface area contributed by atoms with Gasteiger partial charge in [0.15, 0.2) is 5.82 Å². The summed E-state index contributed by atoms with van der Waals surface area (Å²) in [4.78, 5) is 12.8. The molecule has 2 aliphatic carbocycles. The van der Waals surface area contributed by atoms with Crippen molar-refractivity contribution in [1.82, 2.24) is 9.97 Å². The van der Waals surface area contributed by atoms with Crippen LogP contribution in [0.3, 0.4) is 0 Å². The van der Waals surface area contributed by atoms with E-state index in [0.717, 1.165) is 46.8 Å². The lowest BCUT2D eigenvalue weighted by Crippen LogP contribution is -2.32. The predicted molar refractivity (Wildman–Crippen MR) is 213 cm³/mol. The van der Waals surface area contributed by atoms with Crippen LogP contribution in [0.1, 0.15) is 66.1 Å². The fourth-order valence-electron chi connectivity index (χ4n) is 8.21. The lowest BCUT2D eigenvalue weighted by Gasteiger charge is -2.40. The van der Waals surface area contributed by atoms with Crippen LogP contribution in [-0.2, 0) is 5.41 Å². The van der Waals surface area contributed by atoms with E-state index in [9.17, 15) is 0 Å². The molecule has 2 nitrogen and oxygen atoms in total. The van der Waals surface area contributed by atoms with E-state index < -0.39 is 0 Å². The van der Waals surface area contributed by atoms with E-state index in [2.05, 4.69) is 153 Å². The largest absolute Gasteiger partial charge is 0.228 e. The Kier molecular flexibility index (Phi) is 8.01. The van der Waals surface area contributed by atoms with Gasteiger partial charge in [-0.3, -0.25) is 0 Å². The van der Waals surface area contributed by atoms with Crippen molar-refractivity contribution < 1.29 is 0 Å². The van der Waals surface area contributed by atoms with Gasteiger partial charge in [0, 0.05) is 26.8 Å². The Bertz CT molecular complexity index is 2310. The zero-order valence-electron chi connectivity index (χ0n) is 28.9. The Morgan fingerprint density at radius 3 is 2.02 bits per heavy atom. The molecule has 0 fully saturated rings. The Morgan fingerprint density at radius 2 is 1.35 bits per heavy atom. The summed E-state index contributed by atoms with van der Waals surface area (Å²) in [6, 6.07) is 48.2. The zero-order chi connectivity index (χ0) is 34.4. The fourth-order valence-corrected chi connectivity index (χ4v) is 9.40. The summed E-state index contributed by atoms with van der Waals surface area (Å²) in [5, 5.41) is 0. The van der Waals surface area contributed by atoms with Crippen molar-refractivity contribution in [3.8, 4) is 22.6 Å². The van der Waals surface area contributed by atoms with Crippen molar-refractivity contribution in [2.24, 2.45) is 0 Å². The van der Waals surface area contributed by atoms with Crippen molar-refractivity contribution in [2.45, 2.75) is 47.8 Å². The van der Waals surface area contributed by atoms with Crippen LogP contribution in [0.5, 0.6) is 0 Å². The Morgan fingerprint density at radius 1 is 0.706 bits per heavy atom. The van der Waals surface area contributed by atoms with Gasteiger partial charge in [0.05, 0.1) is 16.8 Å². The van der Waals surface area contributed by atoms with E-state index in [1.54, 1.807) is 0 Å². The summed E-state index contributed by atoms with van der Waals surface area (Å²) in [5.74, 6) is 1.01. The number of fused-ring (bicyclic) bond motifs is 6. The molecule has 1 atom stereocenters. The Hall–Kier alpha value is -5.51. The van der Waals surface area contributed by atoms with E-state index in [4.69, 9.17) is 9.97 Å². The van der Waals surface area contributed by atoms with Crippen LogP contribution in [0.4, 0.5) is 0 Å². The fraction of sp³-hybridized carbons (Fsp3) is 0.125. The van der Waals surface area contributed by atoms with E-state index in [-0.39, 0.29) is 11.3 Å². The molecule has 1 spiro atoms. The Balaban J connectivity index is 1.13. The summed E-state index contributed by atoms with van der Waals surface area (Å²) in [6.45, 7) is 4.58. The summed E-state index contributed by atoms with van der Waals surface area (Å²) in [7, 11) is 0. The standard InChI is InChI=1S/C48H38N2S/c1-3-4-19-38-32(2)48(40-20-11-13-22-45(40)51-46-23-14-12-21-41(46)48)42-30-37(28-29-39(38)42)33-24-26-35(27-25-33)44-31-43(34-15-7-5-8-16-34)49-47(50-44)36-17-9-6-10-18-36/h4-24,26-31,33H,3,25H2,1-2H3/b19-4-. The number of benzene rings is 5. The monoisotopic (exact) mass is 674 g/mol. The smallest absolute Gasteiger partial charge is 0.160 e. The predicted octanol–water partition coefficient (Wildman–Crippen LogP) is 12.5. The molecular weight excluding hydrogens is 637 g/mol. The third-order valence-electron chi connectivity index (χ3n) is 10.7. The lowest BCUT2D eigenvalue weighted by molar-refractivity contribution is 0.698. The maximum atomic E-state index is 5.09. The molecule has 1 aliphatic heterocycles. The van der Waals surface area contributed by atoms with Crippen LogP contribution in [0.25, 0.3) is 33.8 Å². The van der Waals surface area contributed by atoms with Crippen LogP contribution in [0.15, 0.2) is 179 Å². The van der Waals surface area contributed by atoms with E-state index >= 15 is 0 Å². The van der Waals surface area contributed by atoms with Crippen LogP contribution in [0.2, 0.25) is 0 Å². The molecule has 51 heavy (non-hydrogen) atoms. The SMILES string of the molecule is CC/C=C\C1=C(C)C2(c3ccccc3Sc3ccccc32)c2cc(C3C=CC(c4cc(-c5ccccc5)nc(-c5ccccc5)n4)=CC3)ccc21. The number of hydrogen-bond donors (Lipinski definition) is 0. The minimum Gasteiger partial charge on any atom is -0.228 e. The van der Waals surface area contributed by atoms with Gasteiger partial charge in [-0.15, -0.1) is 0 Å². The lowest BCUT2D eigenvalue weighted by atomic mass is 9.66. The molecule has 6 aromatic rings. The third-order valence-corrected chi connectivity index (χ3v) is 11.8. The molecule has 5 aromatic carbocycles. The van der Waals surface area contributed by atoms with Gasteiger partial charge in [-0.05, 0) is 82.5 Å². The maximum Gasteiger partial charge on any atom is 0.160 e. The van der Waals surface area contributed by atoms with E-state index in [1.807, 2.05) is 36.0 Å². The molecule has 9 rings (SSSR count). The van der Waals surface area contributed by atoms with Gasteiger partial charge >= 0.3 is 0 Å². The van der Waals surface area contributed by atoms with E-state index in [1.165, 1.54) is 48.8 Å². The van der Waals surface area contributed by atoms with Crippen molar-refractivity contribution in [2.75, 3.05) is 0 Å². The minimum absolute atomic E-state index is 0.263. The highest BCUT2D eigenvalue weighted by Crippen LogP contribution is 2.61. The molecule has 0 bridgehead atoms. The molecule has 0 saturated heterocycles. The molecule has 3 heteroatoms. The van der Waals surface area contributed by atoms with Crippen LogP contribution in [-0.4, -0.2) is 9.97 Å². The van der Waals surface area contributed by atoms with Crippen molar-refractivity contribution >= 4 is 22.9 Å². The van der Waals surface area contributed by atoms with Crippen LogP contribution < -0.4 is 0 Å². The molecule has 2 heterocycles. The zero-order valence-corrected chi connectivity index (χ0v) is 29.7. The molecule has 246 valence electrons. The summed E-state index contributed by atoms with van der Waals surface area (Å²) >= 11 is 1.90. The first kappa shape index (κ1) is 31.5. The highest BCUT2D eigenvalue weighted by atomic mass is 32.2. The average molecular weight is 675 g/mol. The summed E-state index contributed by atoms with van der Waals surface area (Å²) in [5.41, 5.74) is 14.4. The molecule has 0 amide bonds. The van der Waals surface area contributed by atoms with Crippen LogP contribution >= 0.6 is 11.8 Å². The number of rotatable bonds is 6. The van der Waals surface area contributed by atoms with Crippen molar-refractivity contribution in [1.29, 1.82) is 0 Å². The van der Waals surface area contributed by atoms with Gasteiger partial charge < -0.3 is 0 Å². The maximum absolute atomic E-state index is 5.09. The highest BCUT2D eigenvalue weighted by molar-refractivity contribution is 7.99. The second kappa shape index (κ2) is 13.0. The summed E-state index contributed by atoms with van der Waals surface area (Å²) < 4.78 is 0. The average Bonchev–Trinajstić information content (AvgIpc) is 3.44. The van der Waals surface area contributed by atoms with E-state index in [0.29, 0.717) is 0 Å². The Labute approximate surface area is 305 Å². The highest BCUT2D eigenvalue weighted by Gasteiger charge is 2.49. The second-order valence-corrected chi connectivity index (χ2v) is 14.6. The summed E-state index contributed by atoms with van der Waals surface area (Å²) in [6.07, 6.45) is 13.6. The van der Waals surface area contributed by atoms with Gasteiger partial charge in [-0.2, -0.15) is 0 Å². The molecule has 0 saturated carbocycles. The molecule has 0 radical (unpaired) electrons. The van der Waals surface area contributed by atoms with Gasteiger partial charge in [0.1, 0.15) is 0 Å². The molecule has 3 aliphatic rings. The van der Waals surface area contributed by atoms with Crippen LogP contribution in [0, 0.1) is 0 Å². The first-order chi connectivity index (χ1) is 25.1. The molecule has 0 N–H and O–H groups in total. The normalized spacial score (nSPS) is 17.0. The van der Waals surface area contributed by atoms with Gasteiger partial charge in [0.2, 0.25) is 0 Å². The number of aromatic nitrogens is 2. The third kappa shape index (κ3) is 5.27. The second-order valence-electron chi connectivity index (χ2n) is 13.6.